The summed E-state index contributed by atoms with van der Waals surface area (Å²) in [5, 5.41) is 13.8. The van der Waals surface area contributed by atoms with E-state index in [1.165, 1.54) is 54.3 Å². The van der Waals surface area contributed by atoms with Crippen LogP contribution in [0.3, 0.4) is 0 Å². The van der Waals surface area contributed by atoms with Crippen molar-refractivity contribution in [3.63, 3.8) is 0 Å². The number of para-hydroxylation sites is 1. The van der Waals surface area contributed by atoms with E-state index in [0.29, 0.717) is 0 Å². The molecule has 3 heteroatoms. The van der Waals surface area contributed by atoms with Crippen molar-refractivity contribution < 1.29 is 0 Å². The van der Waals surface area contributed by atoms with E-state index < -0.39 is 0 Å². The van der Waals surface area contributed by atoms with Crippen molar-refractivity contribution in [3.05, 3.63) is 194 Å². The van der Waals surface area contributed by atoms with E-state index in [-0.39, 0.29) is 6.17 Å². The molecule has 0 radical (unpaired) electrons. The summed E-state index contributed by atoms with van der Waals surface area (Å²) in [5.41, 5.74) is 8.12. The Balaban J connectivity index is 1.22. The highest BCUT2D eigenvalue weighted by molar-refractivity contribution is 6.23. The number of hydrogen-bond donors (Lipinski definition) is 1. The lowest BCUT2D eigenvalue weighted by Gasteiger charge is -2.28. The molecule has 0 aromatic heterocycles. The lowest BCUT2D eigenvalue weighted by Crippen LogP contribution is -2.23. The van der Waals surface area contributed by atoms with Gasteiger partial charge in [-0.3, -0.25) is 0 Å². The number of nitrogens with zero attached hydrogens (tertiary/aromatic N) is 2. The summed E-state index contributed by atoms with van der Waals surface area (Å²) in [6, 6.07) is 68.1. The highest BCUT2D eigenvalue weighted by Gasteiger charge is 2.34. The van der Waals surface area contributed by atoms with Crippen LogP contribution in [0.4, 0.5) is 34.1 Å². The van der Waals surface area contributed by atoms with Gasteiger partial charge in [0.05, 0.1) is 11.4 Å². The lowest BCUT2D eigenvalue weighted by molar-refractivity contribution is 0.830. The molecule has 0 amide bonds. The fraction of sp³-hybridized carbons (Fsp3) is 0.0213. The molecular weight excluding hydrogens is 607 g/mol. The van der Waals surface area contributed by atoms with Gasteiger partial charge in [-0.2, -0.15) is 0 Å². The van der Waals surface area contributed by atoms with Gasteiger partial charge in [0, 0.05) is 33.5 Å². The van der Waals surface area contributed by atoms with E-state index in [1.807, 2.05) is 0 Å². The second-order valence-corrected chi connectivity index (χ2v) is 13.1. The average Bonchev–Trinajstić information content (AvgIpc) is 3.60. The van der Waals surface area contributed by atoms with Crippen LogP contribution in [0.2, 0.25) is 0 Å². The maximum atomic E-state index is 4.00. The Hall–Kier alpha value is -6.58. The smallest absolute Gasteiger partial charge is 0.130 e. The molecule has 9 aromatic carbocycles. The van der Waals surface area contributed by atoms with Crippen LogP contribution in [0.15, 0.2) is 188 Å². The fourth-order valence-corrected chi connectivity index (χ4v) is 7.84. The van der Waals surface area contributed by atoms with Gasteiger partial charge in [-0.1, -0.05) is 140 Å². The van der Waals surface area contributed by atoms with Crippen LogP contribution in [0.1, 0.15) is 11.7 Å². The van der Waals surface area contributed by atoms with Crippen molar-refractivity contribution in [1.82, 2.24) is 0 Å². The van der Waals surface area contributed by atoms with Crippen LogP contribution >= 0.6 is 0 Å². The first-order valence-electron chi connectivity index (χ1n) is 17.2. The van der Waals surface area contributed by atoms with Gasteiger partial charge in [-0.05, 0) is 86.4 Å². The van der Waals surface area contributed by atoms with E-state index >= 15 is 0 Å². The molecule has 0 aliphatic carbocycles. The third-order valence-corrected chi connectivity index (χ3v) is 10.2. The van der Waals surface area contributed by atoms with E-state index in [4.69, 9.17) is 0 Å². The van der Waals surface area contributed by atoms with Crippen LogP contribution < -0.4 is 15.1 Å². The Labute approximate surface area is 291 Å². The monoisotopic (exact) mass is 639 g/mol. The number of nitrogens with one attached hydrogen (secondary N) is 1. The molecule has 0 spiro atoms. The first-order valence-corrected chi connectivity index (χ1v) is 17.2. The first-order chi connectivity index (χ1) is 24.8. The topological polar surface area (TPSA) is 18.5 Å². The standard InChI is InChI=1S/C47H33N3/c1-3-15-34(16-4-1)47-48-45-42-28-27-40(31-44(42)41-21-11-12-22-43(41)46(45)50(47)37-19-5-2-6-20-37)49(38-25-23-32-13-7-9-17-35(32)29-38)39-26-24-33-14-8-10-18-36(33)30-39/h1-31,47-48H. The molecule has 1 unspecified atom stereocenters. The molecule has 0 bridgehead atoms. The molecule has 1 aliphatic heterocycles. The predicted octanol–water partition coefficient (Wildman–Crippen LogP) is 13.0. The predicted molar refractivity (Wildman–Crippen MR) is 213 cm³/mol. The zero-order valence-corrected chi connectivity index (χ0v) is 27.4. The number of hydrogen-bond acceptors (Lipinski definition) is 3. The van der Waals surface area contributed by atoms with Crippen molar-refractivity contribution in [2.75, 3.05) is 15.1 Å². The molecule has 0 fully saturated rings. The molecule has 1 N–H and O–H groups in total. The number of fused-ring (bicyclic) bond motifs is 8. The maximum absolute atomic E-state index is 4.00. The molecule has 1 heterocycles. The zero-order chi connectivity index (χ0) is 33.0. The van der Waals surface area contributed by atoms with Crippen LogP contribution in [0, 0.1) is 0 Å². The van der Waals surface area contributed by atoms with Gasteiger partial charge in [0.1, 0.15) is 6.17 Å². The minimum Gasteiger partial charge on any atom is -0.359 e. The van der Waals surface area contributed by atoms with Gasteiger partial charge in [-0.25, -0.2) is 0 Å². The minimum absolute atomic E-state index is 0.0472. The van der Waals surface area contributed by atoms with Crippen molar-refractivity contribution in [2.45, 2.75) is 6.17 Å². The van der Waals surface area contributed by atoms with Crippen LogP contribution in [-0.4, -0.2) is 0 Å². The van der Waals surface area contributed by atoms with Crippen LogP contribution in [-0.2, 0) is 0 Å². The number of rotatable bonds is 5. The van der Waals surface area contributed by atoms with Gasteiger partial charge >= 0.3 is 0 Å². The van der Waals surface area contributed by atoms with E-state index in [2.05, 4.69) is 203 Å². The number of anilines is 6. The summed E-state index contributed by atoms with van der Waals surface area (Å²) in [4.78, 5) is 4.87. The summed E-state index contributed by atoms with van der Waals surface area (Å²) in [5.74, 6) is 0. The van der Waals surface area contributed by atoms with Crippen molar-refractivity contribution in [1.29, 1.82) is 0 Å². The number of benzene rings is 9. The highest BCUT2D eigenvalue weighted by atomic mass is 15.3. The quantitative estimate of drug-likeness (QED) is 0.189. The van der Waals surface area contributed by atoms with E-state index in [0.717, 1.165) is 28.4 Å². The highest BCUT2D eigenvalue weighted by Crippen LogP contribution is 2.54. The fourth-order valence-electron chi connectivity index (χ4n) is 7.84. The molecule has 1 aliphatic rings. The molecule has 10 rings (SSSR count). The van der Waals surface area contributed by atoms with Crippen molar-refractivity contribution in [3.8, 4) is 0 Å². The molecule has 0 saturated heterocycles. The third kappa shape index (κ3) is 4.59. The van der Waals surface area contributed by atoms with Crippen LogP contribution in [0.25, 0.3) is 43.1 Å². The summed E-state index contributed by atoms with van der Waals surface area (Å²) in [6.07, 6.45) is -0.0472. The SMILES string of the molecule is c1ccc(C2Nc3c(c4ccccc4c4cc(N(c5ccc6ccccc6c5)c5ccc6ccccc6c5)ccc34)N2c2ccccc2)cc1. The van der Waals surface area contributed by atoms with Gasteiger partial charge in [-0.15, -0.1) is 0 Å². The average molecular weight is 640 g/mol. The molecule has 9 aromatic rings. The first kappa shape index (κ1) is 28.4. The Bertz CT molecular complexity index is 2620. The van der Waals surface area contributed by atoms with Gasteiger partial charge < -0.3 is 15.1 Å². The Morgan fingerprint density at radius 1 is 0.400 bits per heavy atom. The van der Waals surface area contributed by atoms with Gasteiger partial charge in [0.25, 0.3) is 0 Å². The Kier molecular flexibility index (Phi) is 6.56. The molecular formula is C47H33N3. The summed E-state index contributed by atoms with van der Waals surface area (Å²) < 4.78 is 0. The van der Waals surface area contributed by atoms with E-state index in [9.17, 15) is 0 Å². The minimum atomic E-state index is -0.0472. The van der Waals surface area contributed by atoms with Crippen molar-refractivity contribution in [2.24, 2.45) is 0 Å². The molecule has 1 atom stereocenters. The summed E-state index contributed by atoms with van der Waals surface area (Å²) in [7, 11) is 0. The Morgan fingerprint density at radius 2 is 0.920 bits per heavy atom. The summed E-state index contributed by atoms with van der Waals surface area (Å²) in [6.45, 7) is 0. The zero-order valence-electron chi connectivity index (χ0n) is 27.4. The maximum Gasteiger partial charge on any atom is 0.130 e. The summed E-state index contributed by atoms with van der Waals surface area (Å²) >= 11 is 0. The second kappa shape index (κ2) is 11.5. The molecule has 50 heavy (non-hydrogen) atoms. The lowest BCUT2D eigenvalue weighted by atomic mass is 9.97. The van der Waals surface area contributed by atoms with Crippen LogP contribution in [0.5, 0.6) is 0 Å². The van der Waals surface area contributed by atoms with E-state index in [1.54, 1.807) is 0 Å². The second-order valence-electron chi connectivity index (χ2n) is 13.1. The van der Waals surface area contributed by atoms with Gasteiger partial charge in [0.2, 0.25) is 0 Å². The molecule has 3 nitrogen and oxygen atoms in total. The largest absolute Gasteiger partial charge is 0.359 e. The third-order valence-electron chi connectivity index (χ3n) is 10.2. The van der Waals surface area contributed by atoms with Crippen molar-refractivity contribution >= 4 is 77.2 Å². The molecule has 0 saturated carbocycles. The normalized spacial score (nSPS) is 13.9. The molecule has 236 valence electrons. The Morgan fingerprint density at radius 3 is 1.58 bits per heavy atom. The van der Waals surface area contributed by atoms with Gasteiger partial charge in [0.15, 0.2) is 0 Å².